The summed E-state index contributed by atoms with van der Waals surface area (Å²) in [7, 11) is 0. The van der Waals surface area contributed by atoms with Gasteiger partial charge in [-0.2, -0.15) is 4.98 Å². The van der Waals surface area contributed by atoms with Gasteiger partial charge in [0.2, 0.25) is 11.8 Å². The van der Waals surface area contributed by atoms with E-state index in [4.69, 9.17) is 4.52 Å². The summed E-state index contributed by atoms with van der Waals surface area (Å²) in [5, 5.41) is 3.94. The number of hydrogen-bond acceptors (Lipinski definition) is 5. The Labute approximate surface area is 138 Å². The number of rotatable bonds is 5. The van der Waals surface area contributed by atoms with Crippen molar-refractivity contribution in [2.24, 2.45) is 0 Å². The quantitative estimate of drug-likeness (QED) is 0.832. The minimum atomic E-state index is 0.156. The molecule has 1 saturated heterocycles. The highest BCUT2D eigenvalue weighted by Gasteiger charge is 2.31. The van der Waals surface area contributed by atoms with Crippen LogP contribution in [0.3, 0.4) is 0 Å². The van der Waals surface area contributed by atoms with E-state index < -0.39 is 0 Å². The molecule has 128 valence electrons. The van der Waals surface area contributed by atoms with E-state index in [9.17, 15) is 4.79 Å². The Bertz CT molecular complexity index is 524. The SMILES string of the molecule is CC(=O)N(CCc1noc(C)n1)C1CCCN(C2CCCC2)C1. The summed E-state index contributed by atoms with van der Waals surface area (Å²) >= 11 is 0. The fourth-order valence-corrected chi connectivity index (χ4v) is 4.10. The van der Waals surface area contributed by atoms with Crippen LogP contribution in [0.15, 0.2) is 4.52 Å². The lowest BCUT2D eigenvalue weighted by molar-refractivity contribution is -0.132. The molecule has 2 fully saturated rings. The van der Waals surface area contributed by atoms with E-state index in [1.807, 2.05) is 4.90 Å². The average Bonchev–Trinajstić information content (AvgIpc) is 3.19. The summed E-state index contributed by atoms with van der Waals surface area (Å²) < 4.78 is 5.01. The Balaban J connectivity index is 1.59. The smallest absolute Gasteiger partial charge is 0.223 e. The molecule has 2 heterocycles. The number of piperidine rings is 1. The number of nitrogens with zero attached hydrogens (tertiary/aromatic N) is 4. The molecule has 1 aliphatic carbocycles. The van der Waals surface area contributed by atoms with Gasteiger partial charge in [-0.25, -0.2) is 0 Å². The van der Waals surface area contributed by atoms with Crippen LogP contribution in [-0.2, 0) is 11.2 Å². The molecule has 23 heavy (non-hydrogen) atoms. The van der Waals surface area contributed by atoms with Crippen molar-refractivity contribution in [1.29, 1.82) is 0 Å². The van der Waals surface area contributed by atoms with E-state index in [1.165, 1.54) is 38.6 Å². The molecule has 1 unspecified atom stereocenters. The number of carbonyl (C=O) groups excluding carboxylic acids is 1. The van der Waals surface area contributed by atoms with Gasteiger partial charge in [0.1, 0.15) is 0 Å². The van der Waals surface area contributed by atoms with Crippen molar-refractivity contribution in [2.75, 3.05) is 19.6 Å². The fraction of sp³-hybridized carbons (Fsp3) is 0.824. The van der Waals surface area contributed by atoms with Crippen molar-refractivity contribution < 1.29 is 9.32 Å². The first-order chi connectivity index (χ1) is 11.1. The molecule has 3 rings (SSSR count). The van der Waals surface area contributed by atoms with Gasteiger partial charge in [-0.05, 0) is 32.2 Å². The molecule has 1 aromatic heterocycles. The van der Waals surface area contributed by atoms with Gasteiger partial charge in [-0.1, -0.05) is 18.0 Å². The standard InChI is InChI=1S/C17H28N4O2/c1-13-18-17(19-23-13)9-11-21(14(2)22)16-8-5-10-20(12-16)15-6-3-4-7-15/h15-16H,3-12H2,1-2H3. The second-order valence-electron chi connectivity index (χ2n) is 6.92. The second kappa shape index (κ2) is 7.43. The summed E-state index contributed by atoms with van der Waals surface area (Å²) in [5.41, 5.74) is 0. The number of likely N-dealkylation sites (tertiary alicyclic amines) is 1. The number of hydrogen-bond donors (Lipinski definition) is 0. The fourth-order valence-electron chi connectivity index (χ4n) is 4.10. The number of amides is 1. The van der Waals surface area contributed by atoms with E-state index in [-0.39, 0.29) is 5.91 Å². The van der Waals surface area contributed by atoms with Crippen molar-refractivity contribution in [3.63, 3.8) is 0 Å². The highest BCUT2D eigenvalue weighted by atomic mass is 16.5. The predicted octanol–water partition coefficient (Wildman–Crippen LogP) is 2.18. The normalized spacial score (nSPS) is 23.3. The maximum absolute atomic E-state index is 12.1. The molecule has 0 aromatic carbocycles. The zero-order valence-corrected chi connectivity index (χ0v) is 14.3. The van der Waals surface area contributed by atoms with Crippen molar-refractivity contribution in [2.45, 2.75) is 70.9 Å². The first-order valence-corrected chi connectivity index (χ1v) is 8.94. The molecule has 1 atom stereocenters. The van der Waals surface area contributed by atoms with Crippen LogP contribution in [-0.4, -0.2) is 57.6 Å². The summed E-state index contributed by atoms with van der Waals surface area (Å²) in [5.74, 6) is 1.43. The molecule has 0 bridgehead atoms. The van der Waals surface area contributed by atoms with E-state index in [2.05, 4.69) is 15.0 Å². The predicted molar refractivity (Wildman–Crippen MR) is 87.0 cm³/mol. The summed E-state index contributed by atoms with van der Waals surface area (Å²) in [4.78, 5) is 21.0. The minimum Gasteiger partial charge on any atom is -0.340 e. The van der Waals surface area contributed by atoms with Crippen LogP contribution in [0.25, 0.3) is 0 Å². The summed E-state index contributed by atoms with van der Waals surface area (Å²) in [6.07, 6.45) is 8.33. The molecule has 1 aliphatic heterocycles. The van der Waals surface area contributed by atoms with Gasteiger partial charge in [-0.3, -0.25) is 9.69 Å². The average molecular weight is 320 g/mol. The van der Waals surface area contributed by atoms with Crippen LogP contribution in [0.4, 0.5) is 0 Å². The van der Waals surface area contributed by atoms with Crippen LogP contribution >= 0.6 is 0 Å². The molecule has 0 N–H and O–H groups in total. The summed E-state index contributed by atoms with van der Waals surface area (Å²) in [6, 6.07) is 1.07. The van der Waals surface area contributed by atoms with Crippen LogP contribution in [0.2, 0.25) is 0 Å². The molecular weight excluding hydrogens is 292 g/mol. The highest BCUT2D eigenvalue weighted by Crippen LogP contribution is 2.27. The van der Waals surface area contributed by atoms with E-state index >= 15 is 0 Å². The third-order valence-electron chi connectivity index (χ3n) is 5.26. The maximum Gasteiger partial charge on any atom is 0.223 e. The molecule has 6 nitrogen and oxygen atoms in total. The molecule has 1 aromatic rings. The first-order valence-electron chi connectivity index (χ1n) is 8.94. The number of carbonyl (C=O) groups is 1. The maximum atomic E-state index is 12.1. The van der Waals surface area contributed by atoms with E-state index in [0.717, 1.165) is 19.0 Å². The lowest BCUT2D eigenvalue weighted by Crippen LogP contribution is -2.52. The van der Waals surface area contributed by atoms with Crippen molar-refractivity contribution in [1.82, 2.24) is 19.9 Å². The highest BCUT2D eigenvalue weighted by molar-refractivity contribution is 5.73. The van der Waals surface area contributed by atoms with E-state index in [0.29, 0.717) is 30.7 Å². The largest absolute Gasteiger partial charge is 0.340 e. The molecule has 6 heteroatoms. The van der Waals surface area contributed by atoms with Crippen molar-refractivity contribution >= 4 is 5.91 Å². The molecule has 1 amide bonds. The Morgan fingerprint density at radius 3 is 2.74 bits per heavy atom. The monoisotopic (exact) mass is 320 g/mol. The third-order valence-corrected chi connectivity index (χ3v) is 5.26. The summed E-state index contributed by atoms with van der Waals surface area (Å²) in [6.45, 7) is 6.36. The van der Waals surface area contributed by atoms with Crippen LogP contribution in [0.1, 0.15) is 57.2 Å². The Morgan fingerprint density at radius 2 is 2.09 bits per heavy atom. The van der Waals surface area contributed by atoms with Gasteiger partial charge in [0.05, 0.1) is 0 Å². The Kier molecular flexibility index (Phi) is 5.30. The first kappa shape index (κ1) is 16.4. The topological polar surface area (TPSA) is 62.5 Å². The van der Waals surface area contributed by atoms with Gasteiger partial charge >= 0.3 is 0 Å². The van der Waals surface area contributed by atoms with Crippen molar-refractivity contribution in [3.8, 4) is 0 Å². The van der Waals surface area contributed by atoms with Crippen molar-refractivity contribution in [3.05, 3.63) is 11.7 Å². The van der Waals surface area contributed by atoms with Gasteiger partial charge in [0.15, 0.2) is 5.82 Å². The molecule has 2 aliphatic rings. The third kappa shape index (κ3) is 4.10. The molecule has 1 saturated carbocycles. The Morgan fingerprint density at radius 1 is 1.30 bits per heavy atom. The van der Waals surface area contributed by atoms with Crippen LogP contribution in [0.5, 0.6) is 0 Å². The van der Waals surface area contributed by atoms with Crippen LogP contribution < -0.4 is 0 Å². The molecule has 0 radical (unpaired) electrons. The lowest BCUT2D eigenvalue weighted by Gasteiger charge is -2.41. The van der Waals surface area contributed by atoms with Gasteiger partial charge in [-0.15, -0.1) is 0 Å². The van der Waals surface area contributed by atoms with Gasteiger partial charge in [0.25, 0.3) is 0 Å². The zero-order chi connectivity index (χ0) is 16.2. The van der Waals surface area contributed by atoms with Crippen LogP contribution in [0, 0.1) is 6.92 Å². The molecule has 0 spiro atoms. The minimum absolute atomic E-state index is 0.156. The number of aryl methyl sites for hydroxylation is 1. The number of aromatic nitrogens is 2. The zero-order valence-electron chi connectivity index (χ0n) is 14.3. The lowest BCUT2D eigenvalue weighted by atomic mass is 10.0. The van der Waals surface area contributed by atoms with Gasteiger partial charge < -0.3 is 9.42 Å². The molecular formula is C17H28N4O2. The second-order valence-corrected chi connectivity index (χ2v) is 6.92. The Hall–Kier alpha value is -1.43. The van der Waals surface area contributed by atoms with Gasteiger partial charge in [0, 0.05) is 45.4 Å². The van der Waals surface area contributed by atoms with E-state index in [1.54, 1.807) is 13.8 Å².